The van der Waals surface area contributed by atoms with Gasteiger partial charge in [0.15, 0.2) is 0 Å². The molecule has 0 unspecified atom stereocenters. The molecule has 1 aliphatic carbocycles. The summed E-state index contributed by atoms with van der Waals surface area (Å²) in [5, 5.41) is 30.1. The first-order chi connectivity index (χ1) is 7.72. The SMILES string of the molecule is C[C@H](O)/C=C/[C@]1(O)[C@@]2(C)CO[C@@]1(C)C[C@@H](O)C2. The van der Waals surface area contributed by atoms with Crippen LogP contribution in [0.5, 0.6) is 0 Å². The summed E-state index contributed by atoms with van der Waals surface area (Å²) in [6.45, 7) is 5.83. The molecule has 1 heterocycles. The maximum atomic E-state index is 10.9. The van der Waals surface area contributed by atoms with Gasteiger partial charge in [0.25, 0.3) is 0 Å². The lowest BCUT2D eigenvalue weighted by Crippen LogP contribution is -2.61. The van der Waals surface area contributed by atoms with E-state index in [2.05, 4.69) is 0 Å². The summed E-state index contributed by atoms with van der Waals surface area (Å²) >= 11 is 0. The summed E-state index contributed by atoms with van der Waals surface area (Å²) in [7, 11) is 0. The van der Waals surface area contributed by atoms with Crippen molar-refractivity contribution in [3.8, 4) is 0 Å². The summed E-state index contributed by atoms with van der Waals surface area (Å²) < 4.78 is 5.74. The molecule has 0 aromatic carbocycles. The van der Waals surface area contributed by atoms with Crippen LogP contribution >= 0.6 is 0 Å². The molecule has 2 bridgehead atoms. The van der Waals surface area contributed by atoms with Crippen LogP contribution in [-0.2, 0) is 4.74 Å². The van der Waals surface area contributed by atoms with E-state index >= 15 is 0 Å². The van der Waals surface area contributed by atoms with Gasteiger partial charge in [-0.05, 0) is 20.3 Å². The first-order valence-corrected chi connectivity index (χ1v) is 6.14. The number of aliphatic hydroxyl groups is 3. The van der Waals surface area contributed by atoms with Crippen LogP contribution in [0.2, 0.25) is 0 Å². The lowest BCUT2D eigenvalue weighted by Gasteiger charge is -2.49. The Hall–Kier alpha value is -0.420. The van der Waals surface area contributed by atoms with Gasteiger partial charge in [0.2, 0.25) is 0 Å². The molecular formula is C13H22O4. The maximum Gasteiger partial charge on any atom is 0.119 e. The topological polar surface area (TPSA) is 69.9 Å². The third-order valence-corrected chi connectivity index (χ3v) is 4.36. The van der Waals surface area contributed by atoms with E-state index in [0.29, 0.717) is 19.4 Å². The van der Waals surface area contributed by atoms with Crippen LogP contribution in [0.3, 0.4) is 0 Å². The molecule has 0 radical (unpaired) electrons. The number of aliphatic hydroxyl groups excluding tert-OH is 2. The highest BCUT2D eigenvalue weighted by atomic mass is 16.5. The van der Waals surface area contributed by atoms with E-state index in [-0.39, 0.29) is 0 Å². The molecule has 0 aromatic rings. The van der Waals surface area contributed by atoms with E-state index in [1.54, 1.807) is 19.1 Å². The van der Waals surface area contributed by atoms with Crippen LogP contribution < -0.4 is 0 Å². The second-order valence-electron chi connectivity index (χ2n) is 6.01. The second kappa shape index (κ2) is 3.79. The highest BCUT2D eigenvalue weighted by Gasteiger charge is 2.67. The lowest BCUT2D eigenvalue weighted by atomic mass is 9.59. The molecule has 0 aromatic heterocycles. The smallest absolute Gasteiger partial charge is 0.119 e. The quantitative estimate of drug-likeness (QED) is 0.620. The Kier molecular flexibility index (Phi) is 2.90. The van der Waals surface area contributed by atoms with Crippen molar-refractivity contribution in [2.24, 2.45) is 5.41 Å². The van der Waals surface area contributed by atoms with Crippen LogP contribution in [0.4, 0.5) is 0 Å². The number of ether oxygens (including phenoxy) is 1. The molecule has 1 aliphatic heterocycles. The standard InChI is InChI=1S/C13H22O4/c1-9(14)4-5-13(16)11(2)6-10(15)7-12(13,3)17-8-11/h4-5,9-10,14-16H,6-8H2,1-3H3/b5-4+/t9-,10-,11+,12-,13-/m0/s1. The van der Waals surface area contributed by atoms with E-state index in [1.807, 2.05) is 13.8 Å². The number of hydrogen-bond donors (Lipinski definition) is 3. The number of fused-ring (bicyclic) bond motifs is 2. The van der Waals surface area contributed by atoms with Crippen LogP contribution in [0.25, 0.3) is 0 Å². The van der Waals surface area contributed by atoms with Crippen LogP contribution in [0.1, 0.15) is 33.6 Å². The first-order valence-electron chi connectivity index (χ1n) is 6.14. The van der Waals surface area contributed by atoms with Crippen molar-refractivity contribution in [3.63, 3.8) is 0 Å². The fraction of sp³-hybridized carbons (Fsp3) is 0.846. The minimum absolute atomic E-state index is 0.420. The molecule has 98 valence electrons. The molecule has 0 spiro atoms. The zero-order chi connectivity index (χ0) is 12.9. The minimum atomic E-state index is -1.13. The van der Waals surface area contributed by atoms with Crippen molar-refractivity contribution in [2.75, 3.05) is 6.61 Å². The Morgan fingerprint density at radius 1 is 1.35 bits per heavy atom. The van der Waals surface area contributed by atoms with Gasteiger partial charge in [-0.2, -0.15) is 0 Å². The molecule has 2 rings (SSSR count). The summed E-state index contributed by atoms with van der Waals surface area (Å²) in [4.78, 5) is 0. The molecule has 2 fully saturated rings. The summed E-state index contributed by atoms with van der Waals surface area (Å²) in [5.41, 5.74) is -2.40. The minimum Gasteiger partial charge on any atom is -0.393 e. The normalized spacial score (nSPS) is 52.0. The summed E-state index contributed by atoms with van der Waals surface area (Å²) in [6.07, 6.45) is 3.14. The highest BCUT2D eigenvalue weighted by Crippen LogP contribution is 2.57. The Labute approximate surface area is 102 Å². The Morgan fingerprint density at radius 2 is 2.00 bits per heavy atom. The van der Waals surface area contributed by atoms with Gasteiger partial charge in [-0.25, -0.2) is 0 Å². The first kappa shape index (κ1) is 13.0. The Bertz CT molecular complexity index is 318. The van der Waals surface area contributed by atoms with Crippen LogP contribution in [0, 0.1) is 5.41 Å². The molecule has 1 saturated carbocycles. The molecule has 4 nitrogen and oxygen atoms in total. The molecule has 3 N–H and O–H groups in total. The van der Waals surface area contributed by atoms with Crippen molar-refractivity contribution >= 4 is 0 Å². The average molecular weight is 242 g/mol. The van der Waals surface area contributed by atoms with Gasteiger partial charge in [-0.3, -0.25) is 0 Å². The third kappa shape index (κ3) is 1.74. The van der Waals surface area contributed by atoms with Gasteiger partial charge in [0.1, 0.15) is 11.2 Å². The van der Waals surface area contributed by atoms with Gasteiger partial charge < -0.3 is 20.1 Å². The summed E-state index contributed by atoms with van der Waals surface area (Å²) in [6, 6.07) is 0. The van der Waals surface area contributed by atoms with Crippen molar-refractivity contribution < 1.29 is 20.1 Å². The van der Waals surface area contributed by atoms with Gasteiger partial charge in [-0.15, -0.1) is 0 Å². The Balaban J connectivity index is 2.39. The highest BCUT2D eigenvalue weighted by molar-refractivity contribution is 5.26. The predicted octanol–water partition coefficient (Wildman–Crippen LogP) is 0.604. The molecule has 4 heteroatoms. The third-order valence-electron chi connectivity index (χ3n) is 4.36. The fourth-order valence-electron chi connectivity index (χ4n) is 3.30. The molecular weight excluding hydrogens is 220 g/mol. The Morgan fingerprint density at radius 3 is 2.53 bits per heavy atom. The predicted molar refractivity (Wildman–Crippen MR) is 63.5 cm³/mol. The van der Waals surface area contributed by atoms with Crippen molar-refractivity contribution in [1.29, 1.82) is 0 Å². The molecule has 17 heavy (non-hydrogen) atoms. The van der Waals surface area contributed by atoms with Gasteiger partial charge in [0, 0.05) is 11.8 Å². The van der Waals surface area contributed by atoms with Gasteiger partial charge in [-0.1, -0.05) is 19.1 Å². The van der Waals surface area contributed by atoms with Crippen LogP contribution in [-0.4, -0.2) is 45.3 Å². The zero-order valence-electron chi connectivity index (χ0n) is 10.7. The largest absolute Gasteiger partial charge is 0.393 e. The fourth-order valence-corrected chi connectivity index (χ4v) is 3.30. The van der Waals surface area contributed by atoms with Gasteiger partial charge >= 0.3 is 0 Å². The second-order valence-corrected chi connectivity index (χ2v) is 6.01. The van der Waals surface area contributed by atoms with E-state index in [9.17, 15) is 15.3 Å². The number of rotatable bonds is 2. The van der Waals surface area contributed by atoms with E-state index in [1.165, 1.54) is 0 Å². The van der Waals surface area contributed by atoms with Crippen molar-refractivity contribution in [3.05, 3.63) is 12.2 Å². The number of hydrogen-bond acceptors (Lipinski definition) is 4. The molecule has 1 saturated heterocycles. The van der Waals surface area contributed by atoms with Gasteiger partial charge in [0.05, 0.1) is 18.8 Å². The summed E-state index contributed by atoms with van der Waals surface area (Å²) in [5.74, 6) is 0. The molecule has 0 amide bonds. The van der Waals surface area contributed by atoms with E-state index in [0.717, 1.165) is 0 Å². The van der Waals surface area contributed by atoms with Crippen molar-refractivity contribution in [1.82, 2.24) is 0 Å². The lowest BCUT2D eigenvalue weighted by molar-refractivity contribution is -0.150. The molecule has 5 atom stereocenters. The zero-order valence-corrected chi connectivity index (χ0v) is 10.7. The van der Waals surface area contributed by atoms with Crippen LogP contribution in [0.15, 0.2) is 12.2 Å². The monoisotopic (exact) mass is 242 g/mol. The molecule has 2 aliphatic rings. The van der Waals surface area contributed by atoms with E-state index in [4.69, 9.17) is 4.74 Å². The van der Waals surface area contributed by atoms with E-state index < -0.39 is 28.8 Å². The van der Waals surface area contributed by atoms with Crippen molar-refractivity contribution in [2.45, 2.75) is 57.0 Å². The average Bonchev–Trinajstić information content (AvgIpc) is 2.33. The maximum absolute atomic E-state index is 10.9.